The minimum atomic E-state index is -3.52. The highest BCUT2D eigenvalue weighted by Crippen LogP contribution is 2.60. The molecule has 2 aromatic rings. The molecule has 0 radical (unpaired) electrons. The third-order valence-corrected chi connectivity index (χ3v) is 13.5. The molecule has 0 unspecified atom stereocenters. The van der Waals surface area contributed by atoms with E-state index in [2.05, 4.69) is 32.9 Å². The van der Waals surface area contributed by atoms with Gasteiger partial charge in [-0.3, -0.25) is 14.4 Å². The molecule has 1 spiro atoms. The number of fused-ring (bicyclic) bond motifs is 3. The van der Waals surface area contributed by atoms with Crippen LogP contribution in [0.1, 0.15) is 70.1 Å². The molecular formula is C39H50FN3O5Si. The monoisotopic (exact) mass is 687 g/mol. The first-order chi connectivity index (χ1) is 23.3. The zero-order chi connectivity index (χ0) is 35.2. The number of β-lactam (4-membered cyclic amide) rings is 1. The van der Waals surface area contributed by atoms with Gasteiger partial charge in [-0.2, -0.15) is 0 Å². The van der Waals surface area contributed by atoms with Gasteiger partial charge in [-0.05, 0) is 82.5 Å². The van der Waals surface area contributed by atoms with Crippen molar-refractivity contribution in [3.05, 3.63) is 82.5 Å². The first kappa shape index (κ1) is 35.2. The maximum absolute atomic E-state index is 16.5. The number of benzene rings is 2. The lowest BCUT2D eigenvalue weighted by atomic mass is 9.82. The van der Waals surface area contributed by atoms with Gasteiger partial charge >= 0.3 is 0 Å². The van der Waals surface area contributed by atoms with Crippen molar-refractivity contribution < 1.29 is 28.3 Å². The molecule has 3 amide bonds. The van der Waals surface area contributed by atoms with E-state index in [-0.39, 0.29) is 30.7 Å². The van der Waals surface area contributed by atoms with Crippen molar-refractivity contribution in [1.29, 1.82) is 0 Å². The van der Waals surface area contributed by atoms with Crippen molar-refractivity contribution >= 4 is 37.5 Å². The molecule has 10 heteroatoms. The fourth-order valence-electron chi connectivity index (χ4n) is 8.44. The molecule has 4 heterocycles. The fourth-order valence-corrected chi connectivity index (χ4v) is 10.9. The highest BCUT2D eigenvalue weighted by Gasteiger charge is 2.67. The molecule has 2 aromatic carbocycles. The predicted molar refractivity (Wildman–Crippen MR) is 192 cm³/mol. The van der Waals surface area contributed by atoms with E-state index in [4.69, 9.17) is 4.74 Å². The number of aliphatic hydroxyl groups excluding tert-OH is 1. The molecule has 8 nitrogen and oxygen atoms in total. The van der Waals surface area contributed by atoms with E-state index in [0.717, 1.165) is 29.5 Å². The molecule has 262 valence electrons. The summed E-state index contributed by atoms with van der Waals surface area (Å²) in [7, 11) is -3.52. The largest absolute Gasteiger partial charge is 0.394 e. The number of anilines is 2. The minimum Gasteiger partial charge on any atom is -0.394 e. The summed E-state index contributed by atoms with van der Waals surface area (Å²) in [5.74, 6) is -1.02. The number of nitrogens with zero attached hydrogens (tertiary/aromatic N) is 3. The van der Waals surface area contributed by atoms with Crippen LogP contribution in [0.5, 0.6) is 0 Å². The van der Waals surface area contributed by atoms with Crippen molar-refractivity contribution in [2.75, 3.05) is 29.5 Å². The quantitative estimate of drug-likeness (QED) is 0.132. The number of aliphatic hydroxyl groups is 1. The smallest absolute Gasteiger partial charge is 0.264 e. The van der Waals surface area contributed by atoms with Crippen LogP contribution in [0.4, 0.5) is 15.5 Å². The lowest BCUT2D eigenvalue weighted by molar-refractivity contribution is -0.150. The number of ether oxygens (including phenoxy) is 1. The molecule has 0 aromatic heterocycles. The first-order valence-electron chi connectivity index (χ1n) is 17.7. The molecule has 4 aliphatic rings. The molecule has 2 fully saturated rings. The number of hydrogen-bond acceptors (Lipinski definition) is 5. The van der Waals surface area contributed by atoms with Gasteiger partial charge in [0, 0.05) is 48.8 Å². The molecule has 5 atom stereocenters. The number of hydrogen-bond donors (Lipinski definition) is 1. The van der Waals surface area contributed by atoms with Gasteiger partial charge in [0.1, 0.15) is 0 Å². The number of rotatable bonds is 10. The van der Waals surface area contributed by atoms with Crippen LogP contribution >= 0.6 is 0 Å². The predicted octanol–water partition coefficient (Wildman–Crippen LogP) is 6.57. The number of halogens is 1. The molecule has 0 saturated carbocycles. The van der Waals surface area contributed by atoms with Gasteiger partial charge < -0.3 is 28.7 Å². The van der Waals surface area contributed by atoms with Gasteiger partial charge in [-0.15, -0.1) is 0 Å². The third kappa shape index (κ3) is 6.43. The Bertz CT molecular complexity index is 1700. The summed E-state index contributed by atoms with van der Waals surface area (Å²) in [5.41, 5.74) is 4.44. The van der Waals surface area contributed by atoms with Crippen molar-refractivity contribution in [1.82, 2.24) is 4.90 Å². The second kappa shape index (κ2) is 13.6. The number of carbonyl (C=O) groups is 3. The van der Waals surface area contributed by atoms with Crippen LogP contribution in [0.3, 0.4) is 0 Å². The van der Waals surface area contributed by atoms with E-state index in [1.54, 1.807) is 27.8 Å². The maximum Gasteiger partial charge on any atom is 0.264 e. The second-order valence-corrected chi connectivity index (χ2v) is 18.9. The zero-order valence-electron chi connectivity index (χ0n) is 29.7. The summed E-state index contributed by atoms with van der Waals surface area (Å²) in [6.45, 7) is 12.5. The summed E-state index contributed by atoms with van der Waals surface area (Å²) in [6.07, 6.45) is 6.15. The van der Waals surface area contributed by atoms with E-state index >= 15 is 4.11 Å². The van der Waals surface area contributed by atoms with Crippen LogP contribution in [0, 0.1) is 5.92 Å². The molecule has 1 N–H and O–H groups in total. The van der Waals surface area contributed by atoms with Gasteiger partial charge in [0.05, 0.1) is 30.9 Å². The van der Waals surface area contributed by atoms with E-state index in [0.29, 0.717) is 49.4 Å². The Balaban J connectivity index is 1.35. The Morgan fingerprint density at radius 3 is 2.47 bits per heavy atom. The van der Waals surface area contributed by atoms with Crippen molar-refractivity contribution in [2.45, 2.75) is 103 Å². The normalized spacial score (nSPS) is 26.6. The standard InChI is InChI=1S/C39H50FN3O5Si/c1-25(2)10-9-11-26(3)16-18-42-33-15-14-30(41-19-17-35(41)45)21-32(33)39(38(42)47)27(4)37(49(5,6)40)34(48-39)22-36(46)43-23-29-13-8-7-12-28(29)20-31(43)24-44/h7-8,10,12-16,21,27,31,34,37,44H,9,11,17-20,22-24H2,1-6H3/b26-16+/t27-,31+,34+,37-,39+/m1/s1. The van der Waals surface area contributed by atoms with Crippen LogP contribution in [0.25, 0.3) is 0 Å². The fraction of sp³-hybridized carbons (Fsp3) is 0.513. The molecule has 0 bridgehead atoms. The lowest BCUT2D eigenvalue weighted by Gasteiger charge is -2.37. The minimum absolute atomic E-state index is 0.0192. The van der Waals surface area contributed by atoms with Gasteiger partial charge in [0.25, 0.3) is 5.91 Å². The third-order valence-electron chi connectivity index (χ3n) is 11.1. The average Bonchev–Trinajstić information content (AvgIpc) is 3.47. The molecule has 49 heavy (non-hydrogen) atoms. The van der Waals surface area contributed by atoms with E-state index in [9.17, 15) is 19.5 Å². The number of allylic oxidation sites excluding steroid dienone is 3. The summed E-state index contributed by atoms with van der Waals surface area (Å²) in [4.78, 5) is 46.5. The van der Waals surface area contributed by atoms with Crippen molar-refractivity contribution in [2.24, 2.45) is 5.92 Å². The van der Waals surface area contributed by atoms with Crippen LogP contribution in [0.15, 0.2) is 65.8 Å². The van der Waals surface area contributed by atoms with Crippen LogP contribution < -0.4 is 9.80 Å². The Morgan fingerprint density at radius 1 is 1.10 bits per heavy atom. The van der Waals surface area contributed by atoms with Crippen LogP contribution in [-0.2, 0) is 37.7 Å². The van der Waals surface area contributed by atoms with Crippen molar-refractivity contribution in [3.63, 3.8) is 0 Å². The zero-order valence-corrected chi connectivity index (χ0v) is 30.7. The highest BCUT2D eigenvalue weighted by atomic mass is 28.4. The summed E-state index contributed by atoms with van der Waals surface area (Å²) in [6, 6.07) is 13.2. The van der Waals surface area contributed by atoms with Gasteiger partial charge in [0.2, 0.25) is 20.2 Å². The number of amides is 3. The summed E-state index contributed by atoms with van der Waals surface area (Å²) < 4.78 is 23.4. The SMILES string of the molecule is CC(C)=CCC/C(C)=C/CN1C(=O)[C@@]2(O[C@@H](CC(=O)N3Cc4ccccc4C[C@H]3CO)[C@H]([Si](C)(C)F)[C@H]2C)c2cc(N3CCC3=O)ccc21. The second-order valence-electron chi connectivity index (χ2n) is 15.1. The highest BCUT2D eigenvalue weighted by molar-refractivity contribution is 6.72. The Labute approximate surface area is 290 Å². The molecule has 2 saturated heterocycles. The van der Waals surface area contributed by atoms with Crippen LogP contribution in [0.2, 0.25) is 18.6 Å². The summed E-state index contributed by atoms with van der Waals surface area (Å²) >= 11 is 0. The maximum atomic E-state index is 16.5. The van der Waals surface area contributed by atoms with E-state index in [1.165, 1.54) is 5.57 Å². The molecule has 4 aliphatic heterocycles. The van der Waals surface area contributed by atoms with Crippen LogP contribution in [-0.4, -0.2) is 68.0 Å². The van der Waals surface area contributed by atoms with Gasteiger partial charge in [0.15, 0.2) is 5.60 Å². The Morgan fingerprint density at radius 2 is 1.84 bits per heavy atom. The molecule has 0 aliphatic carbocycles. The van der Waals surface area contributed by atoms with Crippen molar-refractivity contribution in [3.8, 4) is 0 Å². The van der Waals surface area contributed by atoms with Gasteiger partial charge in [-0.1, -0.05) is 54.5 Å². The van der Waals surface area contributed by atoms with Gasteiger partial charge in [-0.25, -0.2) is 0 Å². The molecule has 6 rings (SSSR count). The Kier molecular flexibility index (Phi) is 9.78. The average molecular weight is 688 g/mol. The van der Waals surface area contributed by atoms with E-state index < -0.39 is 37.6 Å². The lowest BCUT2D eigenvalue weighted by Crippen LogP contribution is -2.48. The van der Waals surface area contributed by atoms with E-state index in [1.807, 2.05) is 49.4 Å². The topological polar surface area (TPSA) is 90.4 Å². The summed E-state index contributed by atoms with van der Waals surface area (Å²) in [5, 5.41) is 10.3. The number of carbonyl (C=O) groups excluding carboxylic acids is 3. The first-order valence-corrected chi connectivity index (χ1v) is 20.6. The molecular weight excluding hydrogens is 638 g/mol. The Hall–Kier alpha value is -3.60.